The van der Waals surface area contributed by atoms with Crippen molar-refractivity contribution < 1.29 is 19.5 Å². The Kier molecular flexibility index (Phi) is 6.84. The summed E-state index contributed by atoms with van der Waals surface area (Å²) in [5, 5.41) is 15.6. The summed E-state index contributed by atoms with van der Waals surface area (Å²) in [7, 11) is 3.29. The quantitative estimate of drug-likeness (QED) is 0.440. The summed E-state index contributed by atoms with van der Waals surface area (Å²) in [6.07, 6.45) is 1.80. The lowest BCUT2D eigenvalue weighted by atomic mass is 9.94. The molecule has 1 aliphatic heterocycles. The predicted molar refractivity (Wildman–Crippen MR) is 125 cm³/mol. The van der Waals surface area contributed by atoms with Crippen LogP contribution in [0.15, 0.2) is 54.6 Å². The van der Waals surface area contributed by atoms with Crippen molar-refractivity contribution in [2.75, 3.05) is 33.9 Å². The molecule has 1 aliphatic rings. The smallest absolute Gasteiger partial charge is 0.343 e. The molecule has 1 aromatic heterocycles. The Bertz CT molecular complexity index is 1010. The van der Waals surface area contributed by atoms with Gasteiger partial charge in [-0.1, -0.05) is 0 Å². The van der Waals surface area contributed by atoms with Gasteiger partial charge in [-0.2, -0.15) is 5.10 Å². The normalized spacial score (nSPS) is 15.9. The molecule has 4 rings (SSSR count). The molecular weight excluding hydrogens is 420 g/mol. The molecule has 0 aliphatic carbocycles. The number of hydrogen-bond donors (Lipinski definition) is 1. The molecule has 1 fully saturated rings. The number of nitrogens with zero attached hydrogens (tertiary/aromatic N) is 4. The fourth-order valence-electron chi connectivity index (χ4n) is 4.18. The molecule has 1 unspecified atom stereocenters. The van der Waals surface area contributed by atoms with Crippen LogP contribution in [0.2, 0.25) is 0 Å². The maximum Gasteiger partial charge on any atom is 0.343 e. The van der Waals surface area contributed by atoms with Gasteiger partial charge in [0.2, 0.25) is 0 Å². The van der Waals surface area contributed by atoms with Gasteiger partial charge >= 0.3 is 6.03 Å². The average Bonchev–Trinajstić information content (AvgIpc) is 3.33. The maximum absolute atomic E-state index is 12.5. The van der Waals surface area contributed by atoms with E-state index in [4.69, 9.17) is 14.6 Å². The van der Waals surface area contributed by atoms with Crippen molar-refractivity contribution in [3.05, 3.63) is 60.3 Å². The van der Waals surface area contributed by atoms with Crippen molar-refractivity contribution in [1.82, 2.24) is 19.7 Å². The number of piperidine rings is 1. The number of ether oxygens (including phenoxy) is 2. The van der Waals surface area contributed by atoms with Gasteiger partial charge in [0.15, 0.2) is 0 Å². The fraction of sp³-hybridized carbons (Fsp3) is 0.360. The lowest BCUT2D eigenvalue weighted by Crippen LogP contribution is -2.45. The lowest BCUT2D eigenvalue weighted by molar-refractivity contribution is -0.0545. The first-order chi connectivity index (χ1) is 16.0. The highest BCUT2D eigenvalue weighted by Gasteiger charge is 2.29. The van der Waals surface area contributed by atoms with Gasteiger partial charge in [0, 0.05) is 31.1 Å². The van der Waals surface area contributed by atoms with Crippen molar-refractivity contribution in [2.45, 2.75) is 25.7 Å². The zero-order chi connectivity index (χ0) is 23.4. The van der Waals surface area contributed by atoms with Gasteiger partial charge in [-0.25, -0.2) is 14.5 Å². The number of methoxy groups -OCH3 is 2. The Labute approximate surface area is 193 Å². The van der Waals surface area contributed by atoms with E-state index in [2.05, 4.69) is 6.07 Å². The van der Waals surface area contributed by atoms with Gasteiger partial charge in [-0.05, 0) is 74.4 Å². The van der Waals surface area contributed by atoms with Crippen LogP contribution in [0.1, 0.15) is 31.4 Å². The number of carbonyl (C=O) groups excluding carboxylic acids is 1. The minimum Gasteiger partial charge on any atom is -0.497 e. The second-order valence-corrected chi connectivity index (χ2v) is 8.08. The van der Waals surface area contributed by atoms with Gasteiger partial charge in [0.1, 0.15) is 11.5 Å². The molecule has 2 aromatic carbocycles. The first-order valence-corrected chi connectivity index (χ1v) is 11.2. The molecule has 1 N–H and O–H groups in total. The molecular formula is C25H30N4O4. The first kappa shape index (κ1) is 22.7. The molecule has 8 heteroatoms. The van der Waals surface area contributed by atoms with E-state index < -0.39 is 0 Å². The average molecular weight is 451 g/mol. The Morgan fingerprint density at radius 3 is 2.33 bits per heavy atom. The number of carbonyl (C=O) groups is 1. The zero-order valence-corrected chi connectivity index (χ0v) is 19.3. The summed E-state index contributed by atoms with van der Waals surface area (Å²) < 4.78 is 12.5. The van der Waals surface area contributed by atoms with E-state index in [0.717, 1.165) is 52.0 Å². The summed E-state index contributed by atoms with van der Waals surface area (Å²) in [5.74, 6) is 1.66. The third-order valence-corrected chi connectivity index (χ3v) is 6.06. The summed E-state index contributed by atoms with van der Waals surface area (Å²) >= 11 is 0. The monoisotopic (exact) mass is 450 g/mol. The summed E-state index contributed by atoms with van der Waals surface area (Å²) in [6, 6.07) is 17.4. The van der Waals surface area contributed by atoms with E-state index in [-0.39, 0.29) is 18.5 Å². The third kappa shape index (κ3) is 4.80. The highest BCUT2D eigenvalue weighted by Crippen LogP contribution is 2.32. The number of aromatic nitrogens is 2. The van der Waals surface area contributed by atoms with Gasteiger partial charge < -0.3 is 14.4 Å². The predicted octanol–water partition coefficient (Wildman–Crippen LogP) is 4.57. The van der Waals surface area contributed by atoms with Crippen LogP contribution in [0.3, 0.4) is 0 Å². The van der Waals surface area contributed by atoms with E-state index in [9.17, 15) is 10.0 Å². The molecule has 2 amide bonds. The Morgan fingerprint density at radius 1 is 1.09 bits per heavy atom. The molecule has 1 saturated heterocycles. The molecule has 1 atom stereocenters. The molecule has 33 heavy (non-hydrogen) atoms. The Balaban J connectivity index is 1.70. The summed E-state index contributed by atoms with van der Waals surface area (Å²) in [5.41, 5.74) is 3.82. The van der Waals surface area contributed by atoms with Crippen LogP contribution in [-0.4, -0.2) is 64.8 Å². The van der Waals surface area contributed by atoms with Crippen LogP contribution in [0.25, 0.3) is 16.9 Å². The SMILES string of the molecule is CCN(O)C(=O)N1CCCC(c2cc(-c3ccc(OC)cc3)n(-c3ccc(OC)cc3)n2)C1. The molecule has 3 aromatic rings. The zero-order valence-electron chi connectivity index (χ0n) is 19.3. The fourth-order valence-corrected chi connectivity index (χ4v) is 4.18. The number of hydroxylamine groups is 2. The van der Waals surface area contributed by atoms with E-state index in [1.54, 1.807) is 26.0 Å². The second-order valence-electron chi connectivity index (χ2n) is 8.08. The molecule has 0 saturated carbocycles. The molecule has 2 heterocycles. The number of benzene rings is 2. The van der Waals surface area contributed by atoms with Crippen molar-refractivity contribution in [3.8, 4) is 28.4 Å². The summed E-state index contributed by atoms with van der Waals surface area (Å²) in [4.78, 5) is 14.2. The van der Waals surface area contributed by atoms with Crippen LogP contribution < -0.4 is 9.47 Å². The van der Waals surface area contributed by atoms with Crippen LogP contribution in [0.5, 0.6) is 11.5 Å². The van der Waals surface area contributed by atoms with E-state index >= 15 is 0 Å². The molecule has 0 radical (unpaired) electrons. The van der Waals surface area contributed by atoms with Crippen LogP contribution in [0.4, 0.5) is 4.79 Å². The lowest BCUT2D eigenvalue weighted by Gasteiger charge is -2.33. The number of likely N-dealkylation sites (tertiary alicyclic amines) is 1. The number of rotatable bonds is 6. The highest BCUT2D eigenvalue weighted by atomic mass is 16.5. The van der Waals surface area contributed by atoms with Gasteiger partial charge in [-0.15, -0.1) is 0 Å². The molecule has 0 bridgehead atoms. The maximum atomic E-state index is 12.5. The molecule has 0 spiro atoms. The van der Waals surface area contributed by atoms with E-state index in [1.807, 2.05) is 53.2 Å². The van der Waals surface area contributed by atoms with Crippen LogP contribution in [0, 0.1) is 0 Å². The Hall–Kier alpha value is -3.52. The van der Waals surface area contributed by atoms with Crippen molar-refractivity contribution in [3.63, 3.8) is 0 Å². The molecule has 174 valence electrons. The van der Waals surface area contributed by atoms with E-state index in [0.29, 0.717) is 13.1 Å². The molecule has 8 nitrogen and oxygen atoms in total. The van der Waals surface area contributed by atoms with Crippen molar-refractivity contribution in [1.29, 1.82) is 0 Å². The second kappa shape index (κ2) is 9.95. The van der Waals surface area contributed by atoms with Crippen molar-refractivity contribution in [2.24, 2.45) is 0 Å². The van der Waals surface area contributed by atoms with Gasteiger partial charge in [0.25, 0.3) is 0 Å². The minimum atomic E-state index is -0.354. The first-order valence-electron chi connectivity index (χ1n) is 11.2. The largest absolute Gasteiger partial charge is 0.497 e. The number of amides is 2. The van der Waals surface area contributed by atoms with Crippen LogP contribution >= 0.6 is 0 Å². The number of urea groups is 1. The van der Waals surface area contributed by atoms with Gasteiger partial charge in [0.05, 0.1) is 31.3 Å². The standard InChI is InChI=1S/C25H30N4O4/c1-4-28(31)25(30)27-15-5-6-19(17-27)23-16-24(18-7-11-21(32-2)12-8-18)29(26-23)20-9-13-22(33-3)14-10-20/h7-14,16,19,31H,4-6,15,17H2,1-3H3. The van der Waals surface area contributed by atoms with Crippen molar-refractivity contribution >= 4 is 6.03 Å². The highest BCUT2D eigenvalue weighted by molar-refractivity contribution is 5.73. The van der Waals surface area contributed by atoms with Gasteiger partial charge in [-0.3, -0.25) is 5.21 Å². The minimum absolute atomic E-state index is 0.0875. The summed E-state index contributed by atoms with van der Waals surface area (Å²) in [6.45, 7) is 3.17. The topological polar surface area (TPSA) is 80.1 Å². The number of hydrogen-bond acceptors (Lipinski definition) is 5. The third-order valence-electron chi connectivity index (χ3n) is 6.06. The van der Waals surface area contributed by atoms with Crippen LogP contribution in [-0.2, 0) is 0 Å². The Morgan fingerprint density at radius 2 is 1.73 bits per heavy atom. The van der Waals surface area contributed by atoms with E-state index in [1.165, 1.54) is 0 Å².